The lowest BCUT2D eigenvalue weighted by Crippen LogP contribution is -2.44. The fraction of sp³-hybridized carbons (Fsp3) is 0.667. The van der Waals surface area contributed by atoms with Crippen molar-refractivity contribution in [2.45, 2.75) is 57.5 Å². The molecule has 0 radical (unpaired) electrons. The standard InChI is InChI=1S/C18H24N4O2/c19-12-16-18(21-10-9-20-16)24-15-6-3-11-22(13-15)17(23)8-7-14-4-1-2-5-14/h9-10,14-15H,1-8,11,13H2. The zero-order valence-corrected chi connectivity index (χ0v) is 14.0. The smallest absolute Gasteiger partial charge is 0.251 e. The number of hydrogen-bond acceptors (Lipinski definition) is 5. The zero-order valence-electron chi connectivity index (χ0n) is 14.0. The van der Waals surface area contributed by atoms with Crippen molar-refractivity contribution < 1.29 is 9.53 Å². The van der Waals surface area contributed by atoms with Crippen LogP contribution >= 0.6 is 0 Å². The molecule has 6 nitrogen and oxygen atoms in total. The highest BCUT2D eigenvalue weighted by atomic mass is 16.5. The monoisotopic (exact) mass is 328 g/mol. The van der Waals surface area contributed by atoms with Crippen molar-refractivity contribution in [3.63, 3.8) is 0 Å². The van der Waals surface area contributed by atoms with Crippen molar-refractivity contribution in [3.05, 3.63) is 18.1 Å². The van der Waals surface area contributed by atoms with Crippen molar-refractivity contribution in [1.82, 2.24) is 14.9 Å². The molecule has 0 spiro atoms. The van der Waals surface area contributed by atoms with E-state index >= 15 is 0 Å². The van der Waals surface area contributed by atoms with E-state index in [0.29, 0.717) is 13.0 Å². The van der Waals surface area contributed by atoms with Crippen LogP contribution in [0.25, 0.3) is 0 Å². The third-order valence-corrected chi connectivity index (χ3v) is 5.02. The number of nitriles is 1. The Morgan fingerprint density at radius 1 is 1.25 bits per heavy atom. The first-order valence-electron chi connectivity index (χ1n) is 8.92. The number of aromatic nitrogens is 2. The molecule has 1 aromatic rings. The molecule has 6 heteroatoms. The highest BCUT2D eigenvalue weighted by Crippen LogP contribution is 2.29. The normalized spacial score (nSPS) is 21.5. The second kappa shape index (κ2) is 8.09. The van der Waals surface area contributed by atoms with Crippen molar-refractivity contribution >= 4 is 5.91 Å². The minimum Gasteiger partial charge on any atom is -0.470 e. The van der Waals surface area contributed by atoms with E-state index in [9.17, 15) is 4.79 Å². The van der Waals surface area contributed by atoms with E-state index in [1.807, 2.05) is 11.0 Å². The van der Waals surface area contributed by atoms with Crippen molar-refractivity contribution in [2.75, 3.05) is 13.1 Å². The van der Waals surface area contributed by atoms with Gasteiger partial charge in [-0.05, 0) is 25.2 Å². The van der Waals surface area contributed by atoms with Gasteiger partial charge >= 0.3 is 0 Å². The Hall–Kier alpha value is -2.16. The average molecular weight is 328 g/mol. The molecule has 1 aliphatic heterocycles. The first kappa shape index (κ1) is 16.7. The van der Waals surface area contributed by atoms with Gasteiger partial charge in [-0.3, -0.25) is 4.79 Å². The van der Waals surface area contributed by atoms with Crippen LogP contribution in [-0.4, -0.2) is 40.0 Å². The van der Waals surface area contributed by atoms with Gasteiger partial charge in [0.2, 0.25) is 11.6 Å². The summed E-state index contributed by atoms with van der Waals surface area (Å²) in [6, 6.07) is 1.99. The minimum atomic E-state index is -0.113. The molecule has 1 unspecified atom stereocenters. The van der Waals surface area contributed by atoms with Crippen molar-refractivity contribution in [1.29, 1.82) is 5.26 Å². The van der Waals surface area contributed by atoms with Crippen LogP contribution in [0.4, 0.5) is 0 Å². The molecule has 0 aromatic carbocycles. The fourth-order valence-electron chi connectivity index (χ4n) is 3.69. The summed E-state index contributed by atoms with van der Waals surface area (Å²) in [7, 11) is 0. The number of carbonyl (C=O) groups is 1. The lowest BCUT2D eigenvalue weighted by Gasteiger charge is -2.33. The van der Waals surface area contributed by atoms with E-state index in [4.69, 9.17) is 10.00 Å². The van der Waals surface area contributed by atoms with Crippen molar-refractivity contribution in [2.24, 2.45) is 5.92 Å². The quantitative estimate of drug-likeness (QED) is 0.830. The van der Waals surface area contributed by atoms with Gasteiger partial charge in [0.1, 0.15) is 12.2 Å². The van der Waals surface area contributed by atoms with Gasteiger partial charge in [-0.1, -0.05) is 25.7 Å². The van der Waals surface area contributed by atoms with E-state index in [0.717, 1.165) is 31.7 Å². The molecule has 2 aliphatic rings. The maximum absolute atomic E-state index is 12.5. The van der Waals surface area contributed by atoms with Gasteiger partial charge in [0.15, 0.2) is 0 Å². The van der Waals surface area contributed by atoms with E-state index in [-0.39, 0.29) is 23.6 Å². The molecule has 1 saturated heterocycles. The predicted octanol–water partition coefficient (Wildman–Crippen LogP) is 2.69. The number of ether oxygens (including phenoxy) is 1. The molecule has 1 atom stereocenters. The van der Waals surface area contributed by atoms with Gasteiger partial charge < -0.3 is 9.64 Å². The van der Waals surface area contributed by atoms with E-state index in [1.54, 1.807) is 0 Å². The Kier molecular flexibility index (Phi) is 5.63. The molecule has 2 fully saturated rings. The topological polar surface area (TPSA) is 79.1 Å². The van der Waals surface area contributed by atoms with E-state index < -0.39 is 0 Å². The number of nitrogens with zero attached hydrogens (tertiary/aromatic N) is 4. The minimum absolute atomic E-state index is 0.113. The van der Waals surface area contributed by atoms with Crippen LogP contribution in [0.5, 0.6) is 5.88 Å². The third kappa shape index (κ3) is 4.22. The lowest BCUT2D eigenvalue weighted by molar-refractivity contribution is -0.134. The van der Waals surface area contributed by atoms with Crippen LogP contribution in [-0.2, 0) is 4.79 Å². The lowest BCUT2D eigenvalue weighted by atomic mass is 10.0. The zero-order chi connectivity index (χ0) is 16.8. The molecular formula is C18H24N4O2. The Morgan fingerprint density at radius 2 is 2.04 bits per heavy atom. The summed E-state index contributed by atoms with van der Waals surface area (Å²) in [5, 5.41) is 9.06. The van der Waals surface area contributed by atoms with Crippen LogP contribution in [0.1, 0.15) is 57.1 Å². The maximum atomic E-state index is 12.5. The first-order chi connectivity index (χ1) is 11.8. The Bertz CT molecular complexity index is 607. The molecule has 0 bridgehead atoms. The summed E-state index contributed by atoms with van der Waals surface area (Å²) in [4.78, 5) is 22.4. The molecule has 128 valence electrons. The summed E-state index contributed by atoms with van der Waals surface area (Å²) in [6.45, 7) is 1.37. The number of amides is 1. The van der Waals surface area contributed by atoms with Crippen LogP contribution in [0.2, 0.25) is 0 Å². The van der Waals surface area contributed by atoms with Crippen LogP contribution in [0.15, 0.2) is 12.4 Å². The van der Waals surface area contributed by atoms with Gasteiger partial charge in [-0.15, -0.1) is 0 Å². The molecule has 1 amide bonds. The number of piperidine rings is 1. The van der Waals surface area contributed by atoms with E-state index in [1.165, 1.54) is 38.1 Å². The molecule has 3 rings (SSSR count). The summed E-state index contributed by atoms with van der Waals surface area (Å²) >= 11 is 0. The average Bonchev–Trinajstić information content (AvgIpc) is 3.14. The molecule has 1 aliphatic carbocycles. The van der Waals surface area contributed by atoms with E-state index in [2.05, 4.69) is 9.97 Å². The number of carbonyl (C=O) groups excluding carboxylic acids is 1. The second-order valence-corrected chi connectivity index (χ2v) is 6.73. The van der Waals surface area contributed by atoms with Crippen LogP contribution in [0.3, 0.4) is 0 Å². The highest BCUT2D eigenvalue weighted by Gasteiger charge is 2.26. The predicted molar refractivity (Wildman–Crippen MR) is 88.2 cm³/mol. The molecule has 24 heavy (non-hydrogen) atoms. The first-order valence-corrected chi connectivity index (χ1v) is 8.92. The third-order valence-electron chi connectivity index (χ3n) is 5.02. The summed E-state index contributed by atoms with van der Waals surface area (Å²) < 4.78 is 5.85. The molecule has 2 heterocycles. The van der Waals surface area contributed by atoms with Crippen LogP contribution < -0.4 is 4.74 Å². The number of likely N-dealkylation sites (tertiary alicyclic amines) is 1. The highest BCUT2D eigenvalue weighted by molar-refractivity contribution is 5.76. The van der Waals surface area contributed by atoms with Gasteiger partial charge in [0, 0.05) is 25.4 Å². The summed E-state index contributed by atoms with van der Waals surface area (Å²) in [6.07, 6.45) is 11.5. The second-order valence-electron chi connectivity index (χ2n) is 6.73. The van der Waals surface area contributed by atoms with Crippen molar-refractivity contribution in [3.8, 4) is 11.9 Å². The largest absolute Gasteiger partial charge is 0.470 e. The molecular weight excluding hydrogens is 304 g/mol. The van der Waals surface area contributed by atoms with Gasteiger partial charge in [-0.25, -0.2) is 9.97 Å². The van der Waals surface area contributed by atoms with Gasteiger partial charge in [0.05, 0.1) is 6.54 Å². The molecule has 1 saturated carbocycles. The Balaban J connectivity index is 1.52. The Morgan fingerprint density at radius 3 is 2.83 bits per heavy atom. The number of hydrogen-bond donors (Lipinski definition) is 0. The summed E-state index contributed by atoms with van der Waals surface area (Å²) in [5.74, 6) is 1.24. The maximum Gasteiger partial charge on any atom is 0.251 e. The Labute approximate surface area is 142 Å². The SMILES string of the molecule is N#Cc1nccnc1OC1CCCN(C(=O)CCC2CCCC2)C1. The summed E-state index contributed by atoms with van der Waals surface area (Å²) in [5.41, 5.74) is 0.196. The molecule has 1 aromatic heterocycles. The fourth-order valence-corrected chi connectivity index (χ4v) is 3.69. The van der Waals surface area contributed by atoms with Gasteiger partial charge in [-0.2, -0.15) is 5.26 Å². The molecule has 0 N–H and O–H groups in total. The number of rotatable bonds is 5. The van der Waals surface area contributed by atoms with Crippen LogP contribution in [0, 0.1) is 17.2 Å². The van der Waals surface area contributed by atoms with Gasteiger partial charge in [0.25, 0.3) is 5.88 Å².